The van der Waals surface area contributed by atoms with Crippen LogP contribution in [0.15, 0.2) is 38.6 Å². The summed E-state index contributed by atoms with van der Waals surface area (Å²) in [6.07, 6.45) is 0. The minimum atomic E-state index is 0.0515. The fourth-order valence-corrected chi connectivity index (χ4v) is 4.98. The Kier molecular flexibility index (Phi) is 4.82. The van der Waals surface area contributed by atoms with Gasteiger partial charge in [-0.1, -0.05) is 37.7 Å². The second-order valence-electron chi connectivity index (χ2n) is 7.03. The van der Waals surface area contributed by atoms with Gasteiger partial charge in [0.25, 0.3) is 5.56 Å². The first-order valence-electron chi connectivity index (χ1n) is 8.92. The number of benzene rings is 1. The van der Waals surface area contributed by atoms with Crippen LogP contribution in [0.25, 0.3) is 21.3 Å². The third-order valence-electron chi connectivity index (χ3n) is 4.46. The number of aromatic nitrogens is 3. The number of hydrogen-bond acceptors (Lipinski definition) is 6. The SMILES string of the molecule is Cc1sc2nc(SCc3nc4ccccc4o3)n(CC(C)C)c(=O)c2c1C. The largest absolute Gasteiger partial charge is 0.440 e. The Morgan fingerprint density at radius 2 is 2.00 bits per heavy atom. The molecule has 3 aromatic heterocycles. The number of aryl methyl sites for hydroxylation is 2. The van der Waals surface area contributed by atoms with Gasteiger partial charge in [0.2, 0.25) is 5.89 Å². The molecule has 0 aliphatic rings. The first kappa shape index (κ1) is 18.3. The van der Waals surface area contributed by atoms with Gasteiger partial charge in [0.05, 0.1) is 11.1 Å². The molecule has 0 aliphatic heterocycles. The van der Waals surface area contributed by atoms with Crippen LogP contribution >= 0.6 is 23.1 Å². The first-order valence-corrected chi connectivity index (χ1v) is 10.7. The highest BCUT2D eigenvalue weighted by atomic mass is 32.2. The second-order valence-corrected chi connectivity index (χ2v) is 9.18. The average Bonchev–Trinajstić information content (AvgIpc) is 3.16. The molecule has 0 radical (unpaired) electrons. The molecule has 5 nitrogen and oxygen atoms in total. The van der Waals surface area contributed by atoms with Crippen LogP contribution in [0.4, 0.5) is 0 Å². The van der Waals surface area contributed by atoms with Crippen LogP contribution in [0.5, 0.6) is 0 Å². The standard InChI is InChI=1S/C20H21N3O2S2/c1-11(2)9-23-19(24)17-12(3)13(4)27-18(17)22-20(23)26-10-16-21-14-7-5-6-8-15(14)25-16/h5-8,11H,9-10H2,1-4H3. The molecule has 0 spiro atoms. The van der Waals surface area contributed by atoms with E-state index in [0.29, 0.717) is 24.1 Å². The lowest BCUT2D eigenvalue weighted by molar-refractivity contribution is 0.475. The Morgan fingerprint density at radius 3 is 2.74 bits per heavy atom. The van der Waals surface area contributed by atoms with Crippen LogP contribution in [0.2, 0.25) is 0 Å². The smallest absolute Gasteiger partial charge is 0.263 e. The van der Waals surface area contributed by atoms with Gasteiger partial charge in [0.15, 0.2) is 10.7 Å². The molecular formula is C20H21N3O2S2. The monoisotopic (exact) mass is 399 g/mol. The maximum absolute atomic E-state index is 13.1. The van der Waals surface area contributed by atoms with Gasteiger partial charge in [-0.25, -0.2) is 9.97 Å². The lowest BCUT2D eigenvalue weighted by atomic mass is 10.2. The lowest BCUT2D eigenvalue weighted by Crippen LogP contribution is -2.25. The van der Waals surface area contributed by atoms with Crippen LogP contribution in [0, 0.1) is 19.8 Å². The van der Waals surface area contributed by atoms with Gasteiger partial charge in [0, 0.05) is 11.4 Å². The Balaban J connectivity index is 1.73. The topological polar surface area (TPSA) is 60.9 Å². The number of oxazole rings is 1. The van der Waals surface area contributed by atoms with Crippen LogP contribution in [0.1, 0.15) is 30.2 Å². The summed E-state index contributed by atoms with van der Waals surface area (Å²) in [5.41, 5.74) is 2.72. The zero-order valence-corrected chi connectivity index (χ0v) is 17.4. The molecule has 1 aromatic carbocycles. The summed E-state index contributed by atoms with van der Waals surface area (Å²) >= 11 is 3.09. The van der Waals surface area contributed by atoms with Crippen molar-refractivity contribution in [1.29, 1.82) is 0 Å². The molecule has 4 rings (SSSR count). The fourth-order valence-electron chi connectivity index (χ4n) is 3.05. The zero-order valence-electron chi connectivity index (χ0n) is 15.8. The highest BCUT2D eigenvalue weighted by Gasteiger charge is 2.18. The number of rotatable bonds is 5. The molecule has 3 heterocycles. The summed E-state index contributed by atoms with van der Waals surface area (Å²) in [6.45, 7) is 8.91. The minimum absolute atomic E-state index is 0.0515. The predicted octanol–water partition coefficient (Wildman–Crippen LogP) is 5.16. The Bertz CT molecular complexity index is 1150. The highest BCUT2D eigenvalue weighted by molar-refractivity contribution is 7.98. The molecule has 27 heavy (non-hydrogen) atoms. The molecule has 0 unspecified atom stereocenters. The fraction of sp³-hybridized carbons (Fsp3) is 0.350. The third-order valence-corrected chi connectivity index (χ3v) is 6.53. The van der Waals surface area contributed by atoms with Crippen molar-refractivity contribution < 1.29 is 4.42 Å². The molecule has 7 heteroatoms. The van der Waals surface area contributed by atoms with Crippen LogP contribution in [-0.4, -0.2) is 14.5 Å². The van der Waals surface area contributed by atoms with Crippen LogP contribution in [-0.2, 0) is 12.3 Å². The van der Waals surface area contributed by atoms with Crippen molar-refractivity contribution in [2.45, 2.75) is 45.1 Å². The summed E-state index contributed by atoms with van der Waals surface area (Å²) in [5.74, 6) is 1.53. The Labute approximate surface area is 165 Å². The zero-order chi connectivity index (χ0) is 19.1. The number of thiophene rings is 1. The van der Waals surface area contributed by atoms with Gasteiger partial charge in [-0.3, -0.25) is 9.36 Å². The van der Waals surface area contributed by atoms with Gasteiger partial charge >= 0.3 is 0 Å². The number of fused-ring (bicyclic) bond motifs is 2. The molecule has 0 N–H and O–H groups in total. The normalized spacial score (nSPS) is 11.9. The number of nitrogens with zero attached hydrogens (tertiary/aromatic N) is 3. The maximum atomic E-state index is 13.1. The summed E-state index contributed by atoms with van der Waals surface area (Å²) in [7, 11) is 0. The van der Waals surface area contributed by atoms with Crippen molar-refractivity contribution in [2.75, 3.05) is 0 Å². The summed E-state index contributed by atoms with van der Waals surface area (Å²) < 4.78 is 7.61. The summed E-state index contributed by atoms with van der Waals surface area (Å²) in [5, 5.41) is 1.48. The van der Waals surface area contributed by atoms with E-state index in [9.17, 15) is 4.79 Å². The molecule has 0 bridgehead atoms. The van der Waals surface area contributed by atoms with Gasteiger partial charge in [-0.05, 0) is 37.5 Å². The minimum Gasteiger partial charge on any atom is -0.440 e. The van der Waals surface area contributed by atoms with Crippen molar-refractivity contribution in [3.8, 4) is 0 Å². The van der Waals surface area contributed by atoms with E-state index in [0.717, 1.165) is 36.9 Å². The molecule has 0 aliphatic carbocycles. The second kappa shape index (κ2) is 7.13. The lowest BCUT2D eigenvalue weighted by Gasteiger charge is -2.13. The van der Waals surface area contributed by atoms with Crippen molar-refractivity contribution in [2.24, 2.45) is 5.92 Å². The maximum Gasteiger partial charge on any atom is 0.263 e. The number of thioether (sulfide) groups is 1. The number of para-hydroxylation sites is 2. The summed E-state index contributed by atoms with van der Waals surface area (Å²) in [4.78, 5) is 24.4. The highest BCUT2D eigenvalue weighted by Crippen LogP contribution is 2.30. The van der Waals surface area contributed by atoms with Gasteiger partial charge in [-0.15, -0.1) is 11.3 Å². The quantitative estimate of drug-likeness (QED) is 0.342. The Morgan fingerprint density at radius 1 is 1.22 bits per heavy atom. The molecule has 0 saturated heterocycles. The third kappa shape index (κ3) is 3.41. The van der Waals surface area contributed by atoms with E-state index >= 15 is 0 Å². The van der Waals surface area contributed by atoms with Crippen LogP contribution < -0.4 is 5.56 Å². The Hall–Kier alpha value is -2.12. The molecule has 0 fully saturated rings. The molecule has 140 valence electrons. The molecule has 0 atom stereocenters. The first-order chi connectivity index (χ1) is 12.9. The van der Waals surface area contributed by atoms with Gasteiger partial charge < -0.3 is 4.42 Å². The van der Waals surface area contributed by atoms with Crippen molar-refractivity contribution in [1.82, 2.24) is 14.5 Å². The van der Waals surface area contributed by atoms with E-state index < -0.39 is 0 Å². The predicted molar refractivity (Wildman–Crippen MR) is 112 cm³/mol. The van der Waals surface area contributed by atoms with E-state index in [1.54, 1.807) is 15.9 Å². The van der Waals surface area contributed by atoms with E-state index in [2.05, 4.69) is 18.8 Å². The van der Waals surface area contributed by atoms with Crippen LogP contribution in [0.3, 0.4) is 0 Å². The van der Waals surface area contributed by atoms with Crippen molar-refractivity contribution in [3.63, 3.8) is 0 Å². The summed E-state index contributed by atoms with van der Waals surface area (Å²) in [6, 6.07) is 7.72. The van der Waals surface area contributed by atoms with E-state index in [4.69, 9.17) is 9.40 Å². The van der Waals surface area contributed by atoms with E-state index in [-0.39, 0.29) is 5.56 Å². The molecular weight excluding hydrogens is 378 g/mol. The van der Waals surface area contributed by atoms with Crippen molar-refractivity contribution >= 4 is 44.4 Å². The van der Waals surface area contributed by atoms with Gasteiger partial charge in [-0.2, -0.15) is 0 Å². The molecule has 0 amide bonds. The molecule has 4 aromatic rings. The average molecular weight is 400 g/mol. The van der Waals surface area contributed by atoms with E-state index in [1.165, 1.54) is 11.8 Å². The molecule has 0 saturated carbocycles. The van der Waals surface area contributed by atoms with Crippen molar-refractivity contribution in [3.05, 3.63) is 51.0 Å². The van der Waals surface area contributed by atoms with Gasteiger partial charge in [0.1, 0.15) is 10.3 Å². The van der Waals surface area contributed by atoms with E-state index in [1.807, 2.05) is 38.1 Å². The number of hydrogen-bond donors (Lipinski definition) is 0.